The average Bonchev–Trinajstić information content (AvgIpc) is 2.78. The van der Waals surface area contributed by atoms with Crippen LogP contribution < -0.4 is 15.4 Å². The summed E-state index contributed by atoms with van der Waals surface area (Å²) in [6.45, 7) is 3.80. The van der Waals surface area contributed by atoms with Crippen LogP contribution >= 0.6 is 0 Å². The van der Waals surface area contributed by atoms with Gasteiger partial charge in [0.1, 0.15) is 5.75 Å². The highest BCUT2D eigenvalue weighted by molar-refractivity contribution is 6.16. The number of hydrogen-bond donors (Lipinski definition) is 1. The number of nitrogens with zero attached hydrogens (tertiary/aromatic N) is 2. The van der Waals surface area contributed by atoms with Gasteiger partial charge in [0, 0.05) is 36.2 Å². The minimum Gasteiger partial charge on any atom is -0.494 e. The van der Waals surface area contributed by atoms with Gasteiger partial charge >= 0.3 is 0 Å². The van der Waals surface area contributed by atoms with E-state index in [1.807, 2.05) is 55.5 Å². The van der Waals surface area contributed by atoms with Gasteiger partial charge in [0.2, 0.25) is 5.91 Å². The molecule has 0 atom stereocenters. The number of pyridine rings is 1. The number of anilines is 1. The molecule has 6 nitrogen and oxygen atoms in total. The molecule has 1 saturated heterocycles. The van der Waals surface area contributed by atoms with Crippen LogP contribution in [0.3, 0.4) is 0 Å². The van der Waals surface area contributed by atoms with E-state index in [0.29, 0.717) is 43.7 Å². The summed E-state index contributed by atoms with van der Waals surface area (Å²) in [6.07, 6.45) is 3.00. The number of hydrogen-bond acceptors (Lipinski definition) is 5. The fourth-order valence-corrected chi connectivity index (χ4v) is 4.05. The summed E-state index contributed by atoms with van der Waals surface area (Å²) in [5.74, 6) is 0.290. The minimum atomic E-state index is -0.256. The lowest BCUT2D eigenvalue weighted by Gasteiger charge is -2.34. The molecular weight excluding hydrogens is 378 g/mol. The van der Waals surface area contributed by atoms with E-state index in [9.17, 15) is 9.59 Å². The zero-order valence-corrected chi connectivity index (χ0v) is 17.0. The molecule has 1 fully saturated rings. The van der Waals surface area contributed by atoms with Crippen molar-refractivity contribution >= 4 is 28.3 Å². The monoisotopic (exact) mass is 403 g/mol. The molecule has 0 spiro atoms. The summed E-state index contributed by atoms with van der Waals surface area (Å²) >= 11 is 0. The summed E-state index contributed by atoms with van der Waals surface area (Å²) < 4.78 is 5.70. The van der Waals surface area contributed by atoms with Crippen LogP contribution in [0.25, 0.3) is 10.9 Å². The lowest BCUT2D eigenvalue weighted by Crippen LogP contribution is -2.39. The molecule has 30 heavy (non-hydrogen) atoms. The van der Waals surface area contributed by atoms with E-state index in [1.165, 1.54) is 0 Å². The molecule has 1 aliphatic heterocycles. The van der Waals surface area contributed by atoms with Crippen molar-refractivity contribution in [3.05, 3.63) is 65.9 Å². The number of amides is 1. The van der Waals surface area contributed by atoms with Gasteiger partial charge in [0.05, 0.1) is 23.4 Å². The Balaban J connectivity index is 1.83. The van der Waals surface area contributed by atoms with Gasteiger partial charge in [-0.2, -0.15) is 0 Å². The molecule has 0 unspecified atom stereocenters. The number of benzene rings is 2. The van der Waals surface area contributed by atoms with Crippen molar-refractivity contribution in [1.29, 1.82) is 0 Å². The fourth-order valence-electron chi connectivity index (χ4n) is 4.05. The van der Waals surface area contributed by atoms with Crippen molar-refractivity contribution in [2.24, 2.45) is 11.7 Å². The summed E-state index contributed by atoms with van der Waals surface area (Å²) in [4.78, 5) is 31.7. The Hall–Kier alpha value is -3.41. The number of aromatic nitrogens is 1. The third-order valence-corrected chi connectivity index (χ3v) is 5.62. The molecule has 2 N–H and O–H groups in total. The maximum Gasteiger partial charge on any atom is 0.220 e. The molecule has 0 bridgehead atoms. The molecule has 2 aromatic carbocycles. The van der Waals surface area contributed by atoms with E-state index in [-0.39, 0.29) is 17.6 Å². The minimum absolute atomic E-state index is 0.0705. The lowest BCUT2D eigenvalue weighted by molar-refractivity contribution is -0.122. The van der Waals surface area contributed by atoms with Gasteiger partial charge in [-0.3, -0.25) is 14.6 Å². The van der Waals surface area contributed by atoms with E-state index in [2.05, 4.69) is 9.88 Å². The van der Waals surface area contributed by atoms with Crippen LogP contribution in [0.5, 0.6) is 5.75 Å². The maximum atomic E-state index is 13.4. The second-order valence-corrected chi connectivity index (χ2v) is 7.49. The Bertz CT molecular complexity index is 1070. The van der Waals surface area contributed by atoms with Crippen LogP contribution in [0.2, 0.25) is 0 Å². The standard InChI is InChI=1S/C24H25N3O3/c1-2-30-18-8-9-21-19(14-18)22(27-12-10-17(11-13-27)24(25)29)20(15-26-21)23(28)16-6-4-3-5-7-16/h3-9,14-15,17H,2,10-13H2,1H3,(H2,25,29). The van der Waals surface area contributed by atoms with E-state index < -0.39 is 0 Å². The highest BCUT2D eigenvalue weighted by Crippen LogP contribution is 2.35. The number of ether oxygens (including phenoxy) is 1. The molecule has 4 rings (SSSR count). The summed E-state index contributed by atoms with van der Waals surface area (Å²) in [5.41, 5.74) is 8.33. The van der Waals surface area contributed by atoms with Gasteiger partial charge < -0.3 is 15.4 Å². The smallest absolute Gasteiger partial charge is 0.220 e. The van der Waals surface area contributed by atoms with Gasteiger partial charge in [-0.1, -0.05) is 30.3 Å². The SMILES string of the molecule is CCOc1ccc2ncc(C(=O)c3ccccc3)c(N3CCC(C(N)=O)CC3)c2c1. The van der Waals surface area contributed by atoms with Crippen molar-refractivity contribution in [2.75, 3.05) is 24.6 Å². The first-order valence-corrected chi connectivity index (χ1v) is 10.3. The van der Waals surface area contributed by atoms with E-state index in [1.54, 1.807) is 6.20 Å². The number of piperidine rings is 1. The quantitative estimate of drug-likeness (QED) is 0.636. The van der Waals surface area contributed by atoms with Crippen molar-refractivity contribution in [3.8, 4) is 5.75 Å². The molecule has 0 radical (unpaired) electrons. The van der Waals surface area contributed by atoms with Gasteiger partial charge in [-0.15, -0.1) is 0 Å². The van der Waals surface area contributed by atoms with Crippen LogP contribution in [0, 0.1) is 5.92 Å². The van der Waals surface area contributed by atoms with Gasteiger partial charge in [-0.05, 0) is 38.0 Å². The second-order valence-electron chi connectivity index (χ2n) is 7.49. The molecular formula is C24H25N3O3. The number of primary amides is 1. The normalized spacial score (nSPS) is 14.6. The summed E-state index contributed by atoms with van der Waals surface area (Å²) in [6, 6.07) is 15.0. The van der Waals surface area contributed by atoms with Crippen LogP contribution in [0.4, 0.5) is 5.69 Å². The zero-order valence-electron chi connectivity index (χ0n) is 17.0. The van der Waals surface area contributed by atoms with Gasteiger partial charge in [0.15, 0.2) is 5.78 Å². The van der Waals surface area contributed by atoms with E-state index in [0.717, 1.165) is 22.3 Å². The third kappa shape index (κ3) is 3.85. The number of rotatable bonds is 6. The summed E-state index contributed by atoms with van der Waals surface area (Å²) in [5, 5.41) is 0.875. The lowest BCUT2D eigenvalue weighted by atomic mass is 9.93. The Morgan fingerprint density at radius 3 is 2.53 bits per heavy atom. The Morgan fingerprint density at radius 1 is 1.13 bits per heavy atom. The molecule has 6 heteroatoms. The number of ketones is 1. The average molecular weight is 403 g/mol. The third-order valence-electron chi connectivity index (χ3n) is 5.62. The number of fused-ring (bicyclic) bond motifs is 1. The first kappa shape index (κ1) is 19.9. The van der Waals surface area contributed by atoms with Crippen molar-refractivity contribution < 1.29 is 14.3 Å². The van der Waals surface area contributed by atoms with Gasteiger partial charge in [-0.25, -0.2) is 0 Å². The van der Waals surface area contributed by atoms with Crippen molar-refractivity contribution in [3.63, 3.8) is 0 Å². The van der Waals surface area contributed by atoms with E-state index >= 15 is 0 Å². The molecule has 1 amide bonds. The molecule has 154 valence electrons. The van der Waals surface area contributed by atoms with Crippen LogP contribution in [-0.2, 0) is 4.79 Å². The predicted octanol–water partition coefficient (Wildman–Crippen LogP) is 3.57. The fraction of sp³-hybridized carbons (Fsp3) is 0.292. The molecule has 1 aromatic heterocycles. The van der Waals surface area contributed by atoms with E-state index in [4.69, 9.17) is 10.5 Å². The molecule has 1 aliphatic rings. The second kappa shape index (κ2) is 8.53. The topological polar surface area (TPSA) is 85.5 Å². The number of carbonyl (C=O) groups is 2. The molecule has 0 aliphatic carbocycles. The molecule has 2 heterocycles. The zero-order chi connectivity index (χ0) is 21.1. The van der Waals surface area contributed by atoms with Crippen LogP contribution in [-0.4, -0.2) is 36.4 Å². The van der Waals surface area contributed by atoms with Crippen molar-refractivity contribution in [1.82, 2.24) is 4.98 Å². The highest BCUT2D eigenvalue weighted by Gasteiger charge is 2.28. The summed E-state index contributed by atoms with van der Waals surface area (Å²) in [7, 11) is 0. The van der Waals surface area contributed by atoms with Crippen LogP contribution in [0.1, 0.15) is 35.7 Å². The molecule has 3 aromatic rings. The first-order valence-electron chi connectivity index (χ1n) is 10.3. The number of carbonyl (C=O) groups excluding carboxylic acids is 2. The highest BCUT2D eigenvalue weighted by atomic mass is 16.5. The Labute approximate surface area is 175 Å². The Kier molecular flexibility index (Phi) is 5.65. The first-order chi connectivity index (χ1) is 14.6. The van der Waals surface area contributed by atoms with Gasteiger partial charge in [0.25, 0.3) is 0 Å². The van der Waals surface area contributed by atoms with Crippen molar-refractivity contribution in [2.45, 2.75) is 19.8 Å². The Morgan fingerprint density at radius 2 is 1.87 bits per heavy atom. The molecule has 0 saturated carbocycles. The maximum absolute atomic E-state index is 13.4. The largest absolute Gasteiger partial charge is 0.494 e. The van der Waals surface area contributed by atoms with Crippen LogP contribution in [0.15, 0.2) is 54.7 Å². The number of nitrogens with two attached hydrogens (primary N) is 1. The predicted molar refractivity (Wildman–Crippen MR) is 117 cm³/mol.